The van der Waals surface area contributed by atoms with Crippen molar-refractivity contribution in [2.24, 2.45) is 0 Å². The third-order valence-electron chi connectivity index (χ3n) is 2.40. The Morgan fingerprint density at radius 3 is 2.80 bits per heavy atom. The zero-order valence-electron chi connectivity index (χ0n) is 10.3. The zero-order chi connectivity index (χ0) is 14.7. The molecule has 0 spiro atoms. The Hall–Kier alpha value is -3.03. The van der Waals surface area contributed by atoms with Gasteiger partial charge in [-0.25, -0.2) is 4.79 Å². The molecule has 0 saturated carbocycles. The fourth-order valence-corrected chi connectivity index (χ4v) is 1.57. The second-order valence-electron chi connectivity index (χ2n) is 3.89. The van der Waals surface area contributed by atoms with Crippen molar-refractivity contribution in [3.05, 3.63) is 51.7 Å². The van der Waals surface area contributed by atoms with Crippen molar-refractivity contribution in [3.63, 3.8) is 0 Å². The summed E-state index contributed by atoms with van der Waals surface area (Å²) in [6.45, 7) is 1.76. The van der Waals surface area contributed by atoms with Crippen LogP contribution in [0.3, 0.4) is 0 Å². The summed E-state index contributed by atoms with van der Waals surface area (Å²) in [4.78, 5) is 21.2. The van der Waals surface area contributed by atoms with Gasteiger partial charge in [0.1, 0.15) is 0 Å². The number of carboxylic acids is 1. The number of aromatic nitrogens is 2. The van der Waals surface area contributed by atoms with E-state index in [9.17, 15) is 14.9 Å². The summed E-state index contributed by atoms with van der Waals surface area (Å²) in [5.74, 6) is -1.55. The lowest BCUT2D eigenvalue weighted by Gasteiger charge is -2.07. The lowest BCUT2D eigenvalue weighted by Crippen LogP contribution is -2.05. The maximum Gasteiger partial charge on any atom is 0.346 e. The third-order valence-corrected chi connectivity index (χ3v) is 2.40. The van der Waals surface area contributed by atoms with Gasteiger partial charge in [0, 0.05) is 12.1 Å². The summed E-state index contributed by atoms with van der Waals surface area (Å²) >= 11 is 0. The fraction of sp³-hybridized carbons (Fsp3) is 0.0833. The molecule has 1 aromatic carbocycles. The van der Waals surface area contributed by atoms with Crippen LogP contribution in [-0.2, 0) is 0 Å². The Labute approximate surface area is 112 Å². The first-order chi connectivity index (χ1) is 9.49. The van der Waals surface area contributed by atoms with Crippen molar-refractivity contribution in [3.8, 4) is 11.6 Å². The van der Waals surface area contributed by atoms with Gasteiger partial charge in [-0.05, 0) is 18.6 Å². The summed E-state index contributed by atoms with van der Waals surface area (Å²) in [5, 5.41) is 27.3. The molecule has 2 aromatic rings. The van der Waals surface area contributed by atoms with E-state index in [4.69, 9.17) is 9.84 Å². The highest BCUT2D eigenvalue weighted by molar-refractivity contribution is 5.95. The highest BCUT2D eigenvalue weighted by Crippen LogP contribution is 2.31. The molecule has 8 nitrogen and oxygen atoms in total. The molecule has 0 bridgehead atoms. The number of carbonyl (C=O) groups is 1. The van der Waals surface area contributed by atoms with Crippen LogP contribution in [0, 0.1) is 17.0 Å². The fourth-order valence-electron chi connectivity index (χ4n) is 1.57. The van der Waals surface area contributed by atoms with Crippen LogP contribution >= 0.6 is 0 Å². The molecule has 102 valence electrons. The number of aryl methyl sites for hydroxylation is 1. The predicted octanol–water partition coefficient (Wildman–Crippen LogP) is 2.18. The van der Waals surface area contributed by atoms with Gasteiger partial charge in [-0.15, -0.1) is 5.10 Å². The Bertz CT molecular complexity index is 687. The second-order valence-corrected chi connectivity index (χ2v) is 3.89. The second kappa shape index (κ2) is 5.31. The summed E-state index contributed by atoms with van der Waals surface area (Å²) in [7, 11) is 0. The van der Waals surface area contributed by atoms with Gasteiger partial charge in [-0.2, -0.15) is 5.10 Å². The maximum absolute atomic E-state index is 11.2. The minimum atomic E-state index is -1.45. The van der Waals surface area contributed by atoms with E-state index in [1.807, 2.05) is 0 Å². The van der Waals surface area contributed by atoms with Gasteiger partial charge in [-0.3, -0.25) is 10.1 Å². The summed E-state index contributed by atoms with van der Waals surface area (Å²) in [5.41, 5.74) is -0.311. The molecule has 1 heterocycles. The van der Waals surface area contributed by atoms with Crippen molar-refractivity contribution >= 4 is 11.7 Å². The van der Waals surface area contributed by atoms with Crippen LogP contribution in [0.4, 0.5) is 5.69 Å². The lowest BCUT2D eigenvalue weighted by molar-refractivity contribution is -0.385. The van der Waals surface area contributed by atoms with Crippen molar-refractivity contribution < 1.29 is 19.6 Å². The first-order valence-corrected chi connectivity index (χ1v) is 5.47. The van der Waals surface area contributed by atoms with E-state index in [0.717, 1.165) is 11.6 Å². The van der Waals surface area contributed by atoms with Crippen LogP contribution in [0.25, 0.3) is 0 Å². The Kier molecular flexibility index (Phi) is 3.56. The van der Waals surface area contributed by atoms with E-state index in [2.05, 4.69) is 10.2 Å². The van der Waals surface area contributed by atoms with Crippen molar-refractivity contribution in [2.75, 3.05) is 0 Å². The topological polar surface area (TPSA) is 115 Å². The van der Waals surface area contributed by atoms with E-state index in [1.165, 1.54) is 24.4 Å². The van der Waals surface area contributed by atoms with E-state index < -0.39 is 22.1 Å². The van der Waals surface area contributed by atoms with Gasteiger partial charge in [0.2, 0.25) is 5.88 Å². The van der Waals surface area contributed by atoms with Gasteiger partial charge in [0.15, 0.2) is 11.3 Å². The Morgan fingerprint density at radius 1 is 1.45 bits per heavy atom. The molecule has 0 aliphatic carbocycles. The summed E-state index contributed by atoms with van der Waals surface area (Å²) in [6.07, 6.45) is 1.50. The SMILES string of the molecule is Cc1cnnc(Oc2cccc([N+](=O)[O-])c2C(=O)O)c1. The minimum absolute atomic E-state index is 0.0630. The molecular weight excluding hydrogens is 266 g/mol. The number of nitro benzene ring substituents is 1. The Balaban J connectivity index is 2.49. The van der Waals surface area contributed by atoms with Crippen molar-refractivity contribution in [2.45, 2.75) is 6.92 Å². The quantitative estimate of drug-likeness (QED) is 0.671. The van der Waals surface area contributed by atoms with Gasteiger partial charge < -0.3 is 9.84 Å². The number of hydrogen-bond donors (Lipinski definition) is 1. The molecule has 0 unspecified atom stereocenters. The summed E-state index contributed by atoms with van der Waals surface area (Å²) < 4.78 is 5.28. The van der Waals surface area contributed by atoms with Gasteiger partial charge in [0.25, 0.3) is 5.69 Å². The molecule has 0 atom stereocenters. The summed E-state index contributed by atoms with van der Waals surface area (Å²) in [6, 6.07) is 5.29. The minimum Gasteiger partial charge on any atom is -0.477 e. The molecule has 0 aliphatic heterocycles. The molecule has 1 aromatic heterocycles. The molecule has 20 heavy (non-hydrogen) atoms. The molecule has 0 amide bonds. The molecule has 8 heteroatoms. The molecule has 0 radical (unpaired) electrons. The lowest BCUT2D eigenvalue weighted by atomic mass is 10.1. The van der Waals surface area contributed by atoms with Crippen molar-refractivity contribution in [1.29, 1.82) is 0 Å². The number of nitro groups is 1. The molecule has 0 saturated heterocycles. The average Bonchev–Trinajstić information content (AvgIpc) is 2.38. The van der Waals surface area contributed by atoms with Crippen molar-refractivity contribution in [1.82, 2.24) is 10.2 Å². The number of nitrogens with zero attached hydrogens (tertiary/aromatic N) is 3. The standard InChI is InChI=1S/C12H9N3O5/c1-7-5-10(14-13-6-7)20-9-4-2-3-8(15(18)19)11(9)12(16)17/h2-6H,1H3,(H,16,17). The largest absolute Gasteiger partial charge is 0.477 e. The van der Waals surface area contributed by atoms with Crippen LogP contribution in [0.5, 0.6) is 11.6 Å². The predicted molar refractivity (Wildman–Crippen MR) is 66.9 cm³/mol. The first kappa shape index (κ1) is 13.4. The number of aromatic carboxylic acids is 1. The van der Waals surface area contributed by atoms with Gasteiger partial charge in [-0.1, -0.05) is 6.07 Å². The monoisotopic (exact) mass is 275 g/mol. The van der Waals surface area contributed by atoms with Crippen LogP contribution in [0.2, 0.25) is 0 Å². The average molecular weight is 275 g/mol. The van der Waals surface area contributed by atoms with E-state index >= 15 is 0 Å². The van der Waals surface area contributed by atoms with Crippen LogP contribution in [-0.4, -0.2) is 26.2 Å². The smallest absolute Gasteiger partial charge is 0.346 e. The van der Waals surface area contributed by atoms with E-state index in [-0.39, 0.29) is 11.6 Å². The number of rotatable bonds is 4. The number of carboxylic acid groups (broad SMARTS) is 1. The van der Waals surface area contributed by atoms with Crippen LogP contribution in [0.15, 0.2) is 30.5 Å². The molecular formula is C12H9N3O5. The zero-order valence-corrected chi connectivity index (χ0v) is 10.3. The number of benzene rings is 1. The molecule has 0 aliphatic rings. The first-order valence-electron chi connectivity index (χ1n) is 5.47. The van der Waals surface area contributed by atoms with Gasteiger partial charge >= 0.3 is 5.97 Å². The normalized spacial score (nSPS) is 10.1. The molecule has 1 N–H and O–H groups in total. The molecule has 2 rings (SSSR count). The van der Waals surface area contributed by atoms with Crippen LogP contribution < -0.4 is 4.74 Å². The van der Waals surface area contributed by atoms with E-state index in [1.54, 1.807) is 6.92 Å². The third kappa shape index (κ3) is 2.69. The van der Waals surface area contributed by atoms with Crippen LogP contribution in [0.1, 0.15) is 15.9 Å². The Morgan fingerprint density at radius 2 is 2.20 bits per heavy atom. The van der Waals surface area contributed by atoms with E-state index in [0.29, 0.717) is 0 Å². The number of ether oxygens (including phenoxy) is 1. The highest BCUT2D eigenvalue weighted by atomic mass is 16.6. The maximum atomic E-state index is 11.2. The molecule has 0 fully saturated rings. The number of hydrogen-bond acceptors (Lipinski definition) is 6. The van der Waals surface area contributed by atoms with Gasteiger partial charge in [0.05, 0.1) is 11.1 Å². The highest BCUT2D eigenvalue weighted by Gasteiger charge is 2.25.